The maximum atomic E-state index is 12.2. The Bertz CT molecular complexity index is 879. The number of nitrogens with one attached hydrogen (secondary N) is 1. The van der Waals surface area contributed by atoms with Crippen LogP contribution in [0.3, 0.4) is 0 Å². The number of aromatic nitrogens is 2. The van der Waals surface area contributed by atoms with Crippen LogP contribution in [0.5, 0.6) is 0 Å². The standard InChI is InChI=1S/C16H19N3O4S2/c1-10-4-3-5-12(8-10)15-18-19-16(23-15)24-11(2)14(20)17-13-6-7-25(21,22)9-13/h3-5,8,11,13H,6-7,9H2,1-2H3,(H,17,20)/t11-,13-/m0/s1. The van der Waals surface area contributed by atoms with Gasteiger partial charge in [-0.15, -0.1) is 10.2 Å². The summed E-state index contributed by atoms with van der Waals surface area (Å²) in [5.41, 5.74) is 1.91. The van der Waals surface area contributed by atoms with Gasteiger partial charge >= 0.3 is 0 Å². The van der Waals surface area contributed by atoms with Gasteiger partial charge in [-0.25, -0.2) is 8.42 Å². The third-order valence-corrected chi connectivity index (χ3v) is 6.60. The van der Waals surface area contributed by atoms with Gasteiger partial charge in [0.25, 0.3) is 5.22 Å². The Morgan fingerprint density at radius 2 is 2.20 bits per heavy atom. The Morgan fingerprint density at radius 3 is 2.88 bits per heavy atom. The molecule has 1 N–H and O–H groups in total. The molecule has 1 aromatic carbocycles. The molecule has 25 heavy (non-hydrogen) atoms. The minimum atomic E-state index is -3.02. The first-order valence-electron chi connectivity index (χ1n) is 7.90. The number of thioether (sulfide) groups is 1. The SMILES string of the molecule is Cc1cccc(-c2nnc(S[C@@H](C)C(=O)N[C@H]3CCS(=O)(=O)C3)o2)c1. The second kappa shape index (κ2) is 7.17. The van der Waals surface area contributed by atoms with E-state index in [1.54, 1.807) is 6.92 Å². The van der Waals surface area contributed by atoms with Crippen LogP contribution in [0.2, 0.25) is 0 Å². The molecule has 3 rings (SSSR count). The van der Waals surface area contributed by atoms with E-state index in [2.05, 4.69) is 15.5 Å². The summed E-state index contributed by atoms with van der Waals surface area (Å²) in [5.74, 6) is 0.306. The molecule has 1 aliphatic heterocycles. The topological polar surface area (TPSA) is 102 Å². The predicted molar refractivity (Wildman–Crippen MR) is 95.0 cm³/mol. The molecule has 1 aliphatic rings. The molecule has 134 valence electrons. The summed E-state index contributed by atoms with van der Waals surface area (Å²) in [5, 5.41) is 10.6. The third kappa shape index (κ3) is 4.60. The smallest absolute Gasteiger partial charge is 0.277 e. The average molecular weight is 381 g/mol. The molecule has 1 fully saturated rings. The highest BCUT2D eigenvalue weighted by Crippen LogP contribution is 2.26. The molecule has 0 aliphatic carbocycles. The number of hydrogen-bond donors (Lipinski definition) is 1. The van der Waals surface area contributed by atoms with Crippen LogP contribution in [0.1, 0.15) is 18.9 Å². The summed E-state index contributed by atoms with van der Waals surface area (Å²) in [6.07, 6.45) is 0.462. The van der Waals surface area contributed by atoms with Gasteiger partial charge in [-0.05, 0) is 32.4 Å². The number of carbonyl (C=O) groups is 1. The summed E-state index contributed by atoms with van der Waals surface area (Å²) < 4.78 is 28.5. The van der Waals surface area contributed by atoms with Gasteiger partial charge in [0.2, 0.25) is 11.8 Å². The summed E-state index contributed by atoms with van der Waals surface area (Å²) in [7, 11) is -3.02. The van der Waals surface area contributed by atoms with Crippen molar-refractivity contribution in [2.24, 2.45) is 0 Å². The maximum Gasteiger partial charge on any atom is 0.277 e. The number of hydrogen-bond acceptors (Lipinski definition) is 7. The number of amides is 1. The van der Waals surface area contributed by atoms with Crippen LogP contribution in [0.15, 0.2) is 33.9 Å². The van der Waals surface area contributed by atoms with Gasteiger partial charge in [0.1, 0.15) is 0 Å². The zero-order chi connectivity index (χ0) is 18.0. The van der Waals surface area contributed by atoms with Crippen LogP contribution in [-0.2, 0) is 14.6 Å². The van der Waals surface area contributed by atoms with Crippen molar-refractivity contribution >= 4 is 27.5 Å². The van der Waals surface area contributed by atoms with Gasteiger partial charge < -0.3 is 9.73 Å². The highest BCUT2D eigenvalue weighted by molar-refractivity contribution is 8.00. The summed E-state index contributed by atoms with van der Waals surface area (Å²) in [6.45, 7) is 3.70. The fourth-order valence-electron chi connectivity index (χ4n) is 2.58. The zero-order valence-electron chi connectivity index (χ0n) is 13.9. The largest absolute Gasteiger partial charge is 0.411 e. The van der Waals surface area contributed by atoms with E-state index in [0.717, 1.165) is 22.9 Å². The van der Waals surface area contributed by atoms with E-state index in [4.69, 9.17) is 4.42 Å². The number of benzene rings is 1. The van der Waals surface area contributed by atoms with E-state index in [1.165, 1.54) is 0 Å². The lowest BCUT2D eigenvalue weighted by molar-refractivity contribution is -0.120. The molecule has 0 saturated carbocycles. The third-order valence-electron chi connectivity index (χ3n) is 3.90. The van der Waals surface area contributed by atoms with Crippen molar-refractivity contribution in [1.29, 1.82) is 0 Å². The number of rotatable bonds is 5. The lowest BCUT2D eigenvalue weighted by atomic mass is 10.1. The Hall–Kier alpha value is -1.87. The fourth-order valence-corrected chi connectivity index (χ4v) is 4.95. The molecule has 2 heterocycles. The second-order valence-corrected chi connectivity index (χ2v) is 9.63. The van der Waals surface area contributed by atoms with E-state index in [9.17, 15) is 13.2 Å². The highest BCUT2D eigenvalue weighted by Gasteiger charge is 2.30. The predicted octanol–water partition coefficient (Wildman–Crippen LogP) is 1.83. The Labute approximate surface area is 150 Å². The number of aryl methyl sites for hydroxylation is 1. The minimum absolute atomic E-state index is 0.00813. The maximum absolute atomic E-state index is 12.2. The van der Waals surface area contributed by atoms with E-state index in [0.29, 0.717) is 17.5 Å². The molecule has 2 atom stereocenters. The Kier molecular flexibility index (Phi) is 5.14. The van der Waals surface area contributed by atoms with Crippen molar-refractivity contribution in [3.8, 4) is 11.5 Å². The summed E-state index contributed by atoms with van der Waals surface area (Å²) >= 11 is 1.15. The quantitative estimate of drug-likeness (QED) is 0.788. The fraction of sp³-hybridized carbons (Fsp3) is 0.438. The van der Waals surface area contributed by atoms with Crippen molar-refractivity contribution in [2.45, 2.75) is 36.8 Å². The van der Waals surface area contributed by atoms with Crippen molar-refractivity contribution in [3.05, 3.63) is 29.8 Å². The van der Waals surface area contributed by atoms with E-state index < -0.39 is 15.1 Å². The van der Waals surface area contributed by atoms with Crippen molar-refractivity contribution in [2.75, 3.05) is 11.5 Å². The molecule has 0 spiro atoms. The molecule has 1 amide bonds. The summed E-state index contributed by atoms with van der Waals surface area (Å²) in [6, 6.07) is 7.40. The van der Waals surface area contributed by atoms with Gasteiger partial charge in [0, 0.05) is 11.6 Å². The first kappa shape index (κ1) is 17.9. The lowest BCUT2D eigenvalue weighted by Crippen LogP contribution is -2.39. The first-order valence-corrected chi connectivity index (χ1v) is 10.6. The van der Waals surface area contributed by atoms with E-state index in [1.807, 2.05) is 31.2 Å². The molecule has 2 aromatic rings. The van der Waals surface area contributed by atoms with Crippen molar-refractivity contribution in [1.82, 2.24) is 15.5 Å². The van der Waals surface area contributed by atoms with Gasteiger partial charge in [0.15, 0.2) is 9.84 Å². The minimum Gasteiger partial charge on any atom is -0.411 e. The molecule has 0 radical (unpaired) electrons. The molecule has 9 heteroatoms. The average Bonchev–Trinajstić information content (AvgIpc) is 3.13. The Balaban J connectivity index is 1.59. The van der Waals surface area contributed by atoms with Crippen LogP contribution in [0.4, 0.5) is 0 Å². The number of nitrogens with zero attached hydrogens (tertiary/aromatic N) is 2. The molecule has 7 nitrogen and oxygen atoms in total. The van der Waals surface area contributed by atoms with Crippen LogP contribution in [0, 0.1) is 6.92 Å². The van der Waals surface area contributed by atoms with Gasteiger partial charge in [-0.1, -0.05) is 29.5 Å². The normalized spacial score (nSPS) is 20.3. The highest BCUT2D eigenvalue weighted by atomic mass is 32.2. The van der Waals surface area contributed by atoms with Crippen LogP contribution >= 0.6 is 11.8 Å². The van der Waals surface area contributed by atoms with Gasteiger partial charge in [-0.2, -0.15) is 0 Å². The number of carbonyl (C=O) groups excluding carboxylic acids is 1. The van der Waals surface area contributed by atoms with E-state index >= 15 is 0 Å². The molecule has 0 unspecified atom stereocenters. The molecule has 1 aromatic heterocycles. The lowest BCUT2D eigenvalue weighted by Gasteiger charge is -2.14. The summed E-state index contributed by atoms with van der Waals surface area (Å²) in [4.78, 5) is 12.2. The van der Waals surface area contributed by atoms with Crippen LogP contribution < -0.4 is 5.32 Å². The van der Waals surface area contributed by atoms with Gasteiger partial charge in [-0.3, -0.25) is 4.79 Å². The molecule has 0 bridgehead atoms. The Morgan fingerprint density at radius 1 is 1.40 bits per heavy atom. The van der Waals surface area contributed by atoms with Crippen molar-refractivity contribution < 1.29 is 17.6 Å². The molecular formula is C16H19N3O4S2. The van der Waals surface area contributed by atoms with Crippen LogP contribution in [0.25, 0.3) is 11.5 Å². The molecular weight excluding hydrogens is 362 g/mol. The monoisotopic (exact) mass is 381 g/mol. The van der Waals surface area contributed by atoms with Crippen molar-refractivity contribution in [3.63, 3.8) is 0 Å². The second-order valence-electron chi connectivity index (χ2n) is 6.11. The van der Waals surface area contributed by atoms with Crippen LogP contribution in [-0.4, -0.2) is 47.3 Å². The zero-order valence-corrected chi connectivity index (χ0v) is 15.6. The number of sulfone groups is 1. The van der Waals surface area contributed by atoms with E-state index in [-0.39, 0.29) is 23.5 Å². The molecule has 1 saturated heterocycles. The van der Waals surface area contributed by atoms with Gasteiger partial charge in [0.05, 0.1) is 16.8 Å². The first-order chi connectivity index (χ1) is 11.8.